The van der Waals surface area contributed by atoms with Gasteiger partial charge in [0.25, 0.3) is 11.8 Å². The molecule has 0 spiro atoms. The monoisotopic (exact) mass is 484 g/mol. The molecule has 186 valence electrons. The number of primary amides is 1. The van der Waals surface area contributed by atoms with Crippen LogP contribution in [0.15, 0.2) is 49.1 Å². The summed E-state index contributed by atoms with van der Waals surface area (Å²) >= 11 is 0. The van der Waals surface area contributed by atoms with Crippen LogP contribution >= 0.6 is 0 Å². The van der Waals surface area contributed by atoms with E-state index < -0.39 is 11.8 Å². The summed E-state index contributed by atoms with van der Waals surface area (Å²) in [5.41, 5.74) is 7.59. The Bertz CT molecular complexity index is 1090. The minimum absolute atomic E-state index is 0.00569. The number of aromatic nitrogens is 1. The Hall–Kier alpha value is -3.53. The number of anilines is 3. The van der Waals surface area contributed by atoms with Gasteiger partial charge in [0.15, 0.2) is 0 Å². The van der Waals surface area contributed by atoms with Crippen molar-refractivity contribution in [3.05, 3.63) is 60.2 Å². The molecule has 2 aliphatic heterocycles. The minimum atomic E-state index is -2.58. The number of carbonyl (C=O) groups is 2. The van der Waals surface area contributed by atoms with Gasteiger partial charge in [-0.15, -0.1) is 0 Å². The van der Waals surface area contributed by atoms with E-state index in [1.54, 1.807) is 17.0 Å². The molecule has 4 rings (SSSR count). The van der Waals surface area contributed by atoms with Crippen molar-refractivity contribution in [1.29, 1.82) is 0 Å². The van der Waals surface area contributed by atoms with Crippen LogP contribution in [0.25, 0.3) is 0 Å². The molecule has 1 aromatic carbocycles. The number of alkyl halides is 2. The summed E-state index contributed by atoms with van der Waals surface area (Å²) in [6.07, 6.45) is 2.62. The fourth-order valence-corrected chi connectivity index (χ4v) is 4.44. The minimum Gasteiger partial charge on any atom is -0.365 e. The van der Waals surface area contributed by atoms with Crippen molar-refractivity contribution in [3.8, 4) is 0 Å². The molecule has 3 heterocycles. The molecule has 0 radical (unpaired) electrons. The second kappa shape index (κ2) is 10.4. The van der Waals surface area contributed by atoms with E-state index in [9.17, 15) is 18.4 Å². The highest BCUT2D eigenvalue weighted by Crippen LogP contribution is 2.28. The van der Waals surface area contributed by atoms with Gasteiger partial charge < -0.3 is 21.3 Å². The first-order chi connectivity index (χ1) is 16.7. The molecule has 0 bridgehead atoms. The Morgan fingerprint density at radius 3 is 2.63 bits per heavy atom. The maximum Gasteiger partial charge on any atom is 0.261 e. The van der Waals surface area contributed by atoms with Crippen LogP contribution in [0, 0.1) is 0 Å². The largest absolute Gasteiger partial charge is 0.365 e. The van der Waals surface area contributed by atoms with Crippen LogP contribution in [-0.4, -0.2) is 66.4 Å². The first-order valence-corrected chi connectivity index (χ1v) is 11.7. The van der Waals surface area contributed by atoms with Crippen LogP contribution in [-0.2, 0) is 11.2 Å². The molecule has 1 atom stereocenters. The summed E-state index contributed by atoms with van der Waals surface area (Å²) in [5.74, 6) is -2.36. The maximum atomic E-state index is 13.4. The molecule has 4 N–H and O–H groups in total. The Balaban J connectivity index is 1.41. The van der Waals surface area contributed by atoms with E-state index in [4.69, 9.17) is 5.73 Å². The van der Waals surface area contributed by atoms with Gasteiger partial charge in [0, 0.05) is 44.3 Å². The van der Waals surface area contributed by atoms with Gasteiger partial charge in [-0.3, -0.25) is 14.5 Å². The van der Waals surface area contributed by atoms with Crippen molar-refractivity contribution in [2.45, 2.75) is 31.2 Å². The second-order valence-corrected chi connectivity index (χ2v) is 9.03. The number of rotatable bonds is 9. The number of nitrogens with one attached hydrogen (secondary N) is 2. The third kappa shape index (κ3) is 6.33. The number of likely N-dealkylation sites (tertiary alicyclic amines) is 1. The smallest absolute Gasteiger partial charge is 0.261 e. The van der Waals surface area contributed by atoms with E-state index in [2.05, 4.69) is 22.2 Å². The highest BCUT2D eigenvalue weighted by Gasteiger charge is 2.37. The van der Waals surface area contributed by atoms with Gasteiger partial charge in [0.05, 0.1) is 12.1 Å². The topological polar surface area (TPSA) is 104 Å². The normalized spacial score (nSPS) is 19.5. The van der Waals surface area contributed by atoms with E-state index in [0.717, 1.165) is 17.7 Å². The average molecular weight is 485 g/mol. The molecule has 2 saturated heterocycles. The molecule has 0 aliphatic carbocycles. The first-order valence-electron chi connectivity index (χ1n) is 11.7. The number of nitrogens with zero attached hydrogens (tertiary/aromatic N) is 3. The first kappa shape index (κ1) is 24.6. The Labute approximate surface area is 203 Å². The van der Waals surface area contributed by atoms with Crippen LogP contribution in [0.5, 0.6) is 0 Å². The van der Waals surface area contributed by atoms with Crippen molar-refractivity contribution < 1.29 is 18.4 Å². The highest BCUT2D eigenvalue weighted by atomic mass is 19.3. The third-order valence-corrected chi connectivity index (χ3v) is 6.37. The van der Waals surface area contributed by atoms with Crippen LogP contribution in [0.4, 0.5) is 26.1 Å². The lowest BCUT2D eigenvalue weighted by molar-refractivity contribution is -0.117. The van der Waals surface area contributed by atoms with Crippen LogP contribution < -0.4 is 21.3 Å². The van der Waals surface area contributed by atoms with E-state index in [1.807, 2.05) is 29.2 Å². The summed E-state index contributed by atoms with van der Waals surface area (Å²) in [5, 5.41) is 6.07. The third-order valence-electron chi connectivity index (χ3n) is 6.37. The molecule has 1 unspecified atom stereocenters. The zero-order chi connectivity index (χ0) is 25.0. The lowest BCUT2D eigenvalue weighted by Crippen LogP contribution is -2.36. The van der Waals surface area contributed by atoms with Gasteiger partial charge >= 0.3 is 0 Å². The van der Waals surface area contributed by atoms with Gasteiger partial charge in [0.1, 0.15) is 11.6 Å². The lowest BCUT2D eigenvalue weighted by Gasteiger charge is -2.20. The van der Waals surface area contributed by atoms with Crippen LogP contribution in [0.2, 0.25) is 0 Å². The molecular formula is C25H30F2N6O2. The quantitative estimate of drug-likeness (QED) is 0.473. The van der Waals surface area contributed by atoms with Gasteiger partial charge in [-0.2, -0.15) is 0 Å². The fourth-order valence-electron chi connectivity index (χ4n) is 4.44. The molecule has 10 heteroatoms. The number of hydrogen-bond donors (Lipinski definition) is 3. The number of halogens is 2. The van der Waals surface area contributed by atoms with E-state index >= 15 is 0 Å². The molecule has 1 aromatic heterocycles. The van der Waals surface area contributed by atoms with E-state index in [0.29, 0.717) is 44.2 Å². The van der Waals surface area contributed by atoms with Crippen molar-refractivity contribution in [3.63, 3.8) is 0 Å². The molecule has 2 aliphatic rings. The Morgan fingerprint density at radius 2 is 1.97 bits per heavy atom. The molecule has 2 amide bonds. The van der Waals surface area contributed by atoms with Gasteiger partial charge in [-0.1, -0.05) is 18.7 Å². The standard InChI is InChI=1S/C25H30F2N6O2/c1-2-22(34)29-19-10-13-33(15-19)21-8-7-20(23(28)35)24(31-21)30-18-5-3-17(4-6-18)9-12-32-14-11-25(26,27)16-32/h2-8,19H,1,9-16H2,(H2,28,35)(H,29,34)(H,30,31). The van der Waals surface area contributed by atoms with E-state index in [1.165, 1.54) is 6.08 Å². The van der Waals surface area contributed by atoms with Crippen LogP contribution in [0.3, 0.4) is 0 Å². The average Bonchev–Trinajstić information content (AvgIpc) is 3.44. The van der Waals surface area contributed by atoms with Crippen LogP contribution in [0.1, 0.15) is 28.8 Å². The zero-order valence-electron chi connectivity index (χ0n) is 19.5. The Morgan fingerprint density at radius 1 is 1.20 bits per heavy atom. The summed E-state index contributed by atoms with van der Waals surface area (Å²) < 4.78 is 26.7. The van der Waals surface area contributed by atoms with Crippen molar-refractivity contribution in [2.24, 2.45) is 5.73 Å². The van der Waals surface area contributed by atoms with Gasteiger partial charge in [-0.25, -0.2) is 13.8 Å². The van der Waals surface area contributed by atoms with Crippen molar-refractivity contribution in [1.82, 2.24) is 15.2 Å². The lowest BCUT2D eigenvalue weighted by atomic mass is 10.1. The SMILES string of the molecule is C=CC(=O)NC1CCN(c2ccc(C(N)=O)c(Nc3ccc(CCN4CCC(F)(F)C4)cc3)n2)C1. The molecule has 0 saturated carbocycles. The molecule has 2 aromatic rings. The number of carbonyl (C=O) groups excluding carboxylic acids is 2. The number of amides is 2. The second-order valence-electron chi connectivity index (χ2n) is 9.03. The molecule has 2 fully saturated rings. The molecule has 8 nitrogen and oxygen atoms in total. The summed E-state index contributed by atoms with van der Waals surface area (Å²) in [4.78, 5) is 32.0. The zero-order valence-corrected chi connectivity index (χ0v) is 19.5. The summed E-state index contributed by atoms with van der Waals surface area (Å²) in [6.45, 7) is 5.61. The summed E-state index contributed by atoms with van der Waals surface area (Å²) in [6, 6.07) is 11.0. The number of nitrogens with two attached hydrogens (primary N) is 1. The molecule has 35 heavy (non-hydrogen) atoms. The number of hydrogen-bond acceptors (Lipinski definition) is 6. The predicted molar refractivity (Wildman–Crippen MR) is 131 cm³/mol. The van der Waals surface area contributed by atoms with Crippen molar-refractivity contribution >= 4 is 29.1 Å². The number of pyridine rings is 1. The summed E-state index contributed by atoms with van der Waals surface area (Å²) in [7, 11) is 0. The predicted octanol–water partition coefficient (Wildman–Crippen LogP) is 2.69. The van der Waals surface area contributed by atoms with E-state index in [-0.39, 0.29) is 30.5 Å². The Kier molecular flexibility index (Phi) is 7.30. The van der Waals surface area contributed by atoms with Gasteiger partial charge in [0.2, 0.25) is 5.91 Å². The fraction of sp³-hybridized carbons (Fsp3) is 0.400. The highest BCUT2D eigenvalue weighted by molar-refractivity contribution is 5.98. The maximum absolute atomic E-state index is 13.4. The van der Waals surface area contributed by atoms with Gasteiger partial charge in [-0.05, 0) is 48.7 Å². The molecular weight excluding hydrogens is 454 g/mol. The van der Waals surface area contributed by atoms with Crippen molar-refractivity contribution in [2.75, 3.05) is 42.9 Å². The number of benzene rings is 1.